The van der Waals surface area contributed by atoms with Crippen LogP contribution in [0.2, 0.25) is 0 Å². The van der Waals surface area contributed by atoms with Crippen LogP contribution < -0.4 is 4.72 Å². The van der Waals surface area contributed by atoms with Gasteiger partial charge in [0.1, 0.15) is 17.2 Å². The second-order valence-corrected chi connectivity index (χ2v) is 9.76. The van der Waals surface area contributed by atoms with Gasteiger partial charge >= 0.3 is 0 Å². The van der Waals surface area contributed by atoms with Gasteiger partial charge in [0.2, 0.25) is 15.8 Å². The van der Waals surface area contributed by atoms with Crippen LogP contribution in [-0.2, 0) is 19.5 Å². The molecule has 0 aliphatic carbocycles. The Morgan fingerprint density at radius 2 is 1.92 bits per heavy atom. The molecule has 4 heterocycles. The van der Waals surface area contributed by atoms with Crippen molar-refractivity contribution in [2.75, 3.05) is 30.8 Å². The molecule has 4 aromatic rings. The molecule has 1 unspecified atom stereocenters. The van der Waals surface area contributed by atoms with Crippen molar-refractivity contribution < 1.29 is 31.5 Å². The number of nitrogens with zero attached hydrogens (tertiary/aromatic N) is 4. The number of pyridine rings is 2. The van der Waals surface area contributed by atoms with Crippen LogP contribution >= 0.6 is 0 Å². The van der Waals surface area contributed by atoms with Crippen LogP contribution in [0.25, 0.3) is 22.2 Å². The first-order valence-electron chi connectivity index (χ1n) is 10.7. The first-order chi connectivity index (χ1) is 17.2. The Kier molecular flexibility index (Phi) is 6.20. The second-order valence-electron chi connectivity index (χ2n) is 8.01. The lowest BCUT2D eigenvalue weighted by Gasteiger charge is -2.23. The van der Waals surface area contributed by atoms with E-state index in [1.54, 1.807) is 41.5 Å². The maximum atomic E-state index is 15.2. The summed E-state index contributed by atoms with van der Waals surface area (Å²) in [5.74, 6) is -3.42. The SMILES string of the molecule is CS(=O)(=O)Nc1c(F)ccc(C(=O)c2nn(C3COCCO3)c3ncc(-c4ccncc4)cc23)c1F. The molecule has 0 bridgehead atoms. The van der Waals surface area contributed by atoms with E-state index in [9.17, 15) is 17.6 Å². The lowest BCUT2D eigenvalue weighted by atomic mass is 10.0. The van der Waals surface area contributed by atoms with Gasteiger partial charge in [-0.15, -0.1) is 0 Å². The van der Waals surface area contributed by atoms with Gasteiger partial charge < -0.3 is 9.47 Å². The molecule has 5 rings (SSSR count). The number of fused-ring (bicyclic) bond motifs is 1. The quantitative estimate of drug-likeness (QED) is 0.389. The molecule has 1 aliphatic heterocycles. The largest absolute Gasteiger partial charge is 0.374 e. The fourth-order valence-corrected chi connectivity index (χ4v) is 4.40. The summed E-state index contributed by atoms with van der Waals surface area (Å²) in [7, 11) is -4.02. The number of nitrogens with one attached hydrogen (secondary N) is 1. The number of ether oxygens (including phenoxy) is 2. The summed E-state index contributed by atoms with van der Waals surface area (Å²) < 4.78 is 67.0. The Labute approximate surface area is 203 Å². The number of carbonyl (C=O) groups is 1. The number of sulfonamides is 1. The van der Waals surface area contributed by atoms with Gasteiger partial charge in [-0.3, -0.25) is 14.5 Å². The summed E-state index contributed by atoms with van der Waals surface area (Å²) in [6, 6.07) is 6.94. The highest BCUT2D eigenvalue weighted by molar-refractivity contribution is 7.92. The minimum Gasteiger partial charge on any atom is -0.374 e. The Balaban J connectivity index is 1.67. The van der Waals surface area contributed by atoms with Crippen molar-refractivity contribution in [3.63, 3.8) is 0 Å². The topological polar surface area (TPSA) is 125 Å². The molecular weight excluding hydrogens is 496 g/mol. The summed E-state index contributed by atoms with van der Waals surface area (Å²) in [6.45, 7) is 0.862. The predicted octanol–water partition coefficient (Wildman–Crippen LogP) is 2.92. The van der Waals surface area contributed by atoms with Crippen molar-refractivity contribution in [2.45, 2.75) is 6.23 Å². The monoisotopic (exact) mass is 515 g/mol. The molecule has 3 aromatic heterocycles. The van der Waals surface area contributed by atoms with E-state index >= 15 is 4.39 Å². The van der Waals surface area contributed by atoms with Gasteiger partial charge in [-0.25, -0.2) is 26.9 Å². The molecule has 186 valence electrons. The summed E-state index contributed by atoms with van der Waals surface area (Å²) in [5.41, 5.74) is 0.0340. The Morgan fingerprint density at radius 3 is 2.61 bits per heavy atom. The highest BCUT2D eigenvalue weighted by Crippen LogP contribution is 2.31. The average molecular weight is 515 g/mol. The molecule has 1 atom stereocenters. The van der Waals surface area contributed by atoms with Gasteiger partial charge in [-0.05, 0) is 35.9 Å². The molecule has 1 aliphatic rings. The number of benzene rings is 1. The molecule has 10 nitrogen and oxygen atoms in total. The smallest absolute Gasteiger partial charge is 0.230 e. The van der Waals surface area contributed by atoms with Crippen LogP contribution in [0, 0.1) is 11.6 Å². The minimum absolute atomic E-state index is 0.158. The lowest BCUT2D eigenvalue weighted by molar-refractivity contribution is -0.125. The minimum atomic E-state index is -4.02. The van der Waals surface area contributed by atoms with Gasteiger partial charge in [0.25, 0.3) is 0 Å². The molecule has 0 spiro atoms. The zero-order valence-electron chi connectivity index (χ0n) is 18.8. The summed E-state index contributed by atoms with van der Waals surface area (Å²) in [4.78, 5) is 22.0. The zero-order valence-corrected chi connectivity index (χ0v) is 19.6. The maximum absolute atomic E-state index is 15.2. The van der Waals surface area contributed by atoms with Crippen LogP contribution in [-0.4, -0.2) is 60.0 Å². The molecule has 0 radical (unpaired) electrons. The molecule has 0 amide bonds. The van der Waals surface area contributed by atoms with Crippen molar-refractivity contribution in [1.82, 2.24) is 19.7 Å². The summed E-state index contributed by atoms with van der Waals surface area (Å²) in [6.07, 6.45) is 4.87. The number of carbonyl (C=O) groups excluding carboxylic acids is 1. The van der Waals surface area contributed by atoms with Crippen LogP contribution in [0.3, 0.4) is 0 Å². The Bertz CT molecular complexity index is 1570. The highest BCUT2D eigenvalue weighted by atomic mass is 32.2. The normalized spacial score (nSPS) is 16.2. The standard InChI is InChI=1S/C23H19F2N5O5S/c1-36(32,33)29-21-17(24)3-2-15(19(21)25)22(31)20-16-10-14(13-4-6-26-7-5-13)11-27-23(16)30(28-20)18-12-34-8-9-35-18/h2-7,10-11,18,29H,8-9,12H2,1H3. The van der Waals surface area contributed by atoms with Crippen molar-refractivity contribution in [3.05, 3.63) is 71.8 Å². The van der Waals surface area contributed by atoms with Crippen molar-refractivity contribution in [1.29, 1.82) is 0 Å². The first kappa shape index (κ1) is 23.9. The molecular formula is C23H19F2N5O5S. The van der Waals surface area contributed by atoms with Crippen molar-refractivity contribution >= 4 is 32.5 Å². The highest BCUT2D eigenvalue weighted by Gasteiger charge is 2.29. The number of hydrogen-bond donors (Lipinski definition) is 1. The van der Waals surface area contributed by atoms with E-state index in [1.807, 2.05) is 0 Å². The van der Waals surface area contributed by atoms with Gasteiger partial charge in [0.05, 0.1) is 37.0 Å². The Morgan fingerprint density at radius 1 is 1.14 bits per heavy atom. The van der Waals surface area contributed by atoms with Crippen LogP contribution in [0.4, 0.5) is 14.5 Å². The van der Waals surface area contributed by atoms with Gasteiger partial charge in [-0.2, -0.15) is 5.10 Å². The third-order valence-electron chi connectivity index (χ3n) is 5.47. The van der Waals surface area contributed by atoms with E-state index in [1.165, 1.54) is 4.68 Å². The van der Waals surface area contributed by atoms with E-state index in [4.69, 9.17) is 9.47 Å². The molecule has 1 aromatic carbocycles. The molecule has 0 saturated carbocycles. The number of hydrogen-bond acceptors (Lipinski definition) is 8. The van der Waals surface area contributed by atoms with Gasteiger partial charge in [-0.1, -0.05) is 0 Å². The number of rotatable bonds is 6. The second kappa shape index (κ2) is 9.33. The van der Waals surface area contributed by atoms with Crippen molar-refractivity contribution in [2.24, 2.45) is 0 Å². The summed E-state index contributed by atoms with van der Waals surface area (Å²) in [5, 5.41) is 4.68. The fraction of sp³-hybridized carbons (Fsp3) is 0.217. The average Bonchev–Trinajstić information content (AvgIpc) is 3.26. The number of aromatic nitrogens is 4. The zero-order chi connectivity index (χ0) is 25.4. The van der Waals surface area contributed by atoms with Crippen molar-refractivity contribution in [3.8, 4) is 11.1 Å². The molecule has 1 N–H and O–H groups in total. The maximum Gasteiger partial charge on any atom is 0.230 e. The molecule has 36 heavy (non-hydrogen) atoms. The Hall–Kier alpha value is -3.81. The summed E-state index contributed by atoms with van der Waals surface area (Å²) >= 11 is 0. The lowest BCUT2D eigenvalue weighted by Crippen LogP contribution is -2.27. The van der Waals surface area contributed by atoms with Crippen LogP contribution in [0.1, 0.15) is 22.3 Å². The van der Waals surface area contributed by atoms with Crippen LogP contribution in [0.5, 0.6) is 0 Å². The first-order valence-corrected chi connectivity index (χ1v) is 12.6. The fourth-order valence-electron chi connectivity index (χ4n) is 3.84. The van der Waals surface area contributed by atoms with E-state index in [2.05, 4.69) is 15.1 Å². The predicted molar refractivity (Wildman–Crippen MR) is 125 cm³/mol. The van der Waals surface area contributed by atoms with E-state index in [-0.39, 0.29) is 12.3 Å². The van der Waals surface area contributed by atoms with E-state index in [0.717, 1.165) is 24.0 Å². The van der Waals surface area contributed by atoms with E-state index < -0.39 is 44.9 Å². The molecule has 1 fully saturated rings. The number of halogens is 2. The molecule has 1 saturated heterocycles. The number of ketones is 1. The number of anilines is 1. The molecule has 13 heteroatoms. The third kappa shape index (κ3) is 4.55. The van der Waals surface area contributed by atoms with Gasteiger partial charge in [0, 0.05) is 24.2 Å². The third-order valence-corrected chi connectivity index (χ3v) is 6.04. The van der Waals surface area contributed by atoms with Gasteiger partial charge in [0.15, 0.2) is 17.7 Å². The van der Waals surface area contributed by atoms with Crippen LogP contribution in [0.15, 0.2) is 48.9 Å². The van der Waals surface area contributed by atoms with E-state index in [0.29, 0.717) is 29.8 Å².